The van der Waals surface area contributed by atoms with Gasteiger partial charge < -0.3 is 4.52 Å². The number of hydrogen-bond donors (Lipinski definition) is 0. The van der Waals surface area contributed by atoms with Gasteiger partial charge in [0.05, 0.1) is 6.04 Å². The van der Waals surface area contributed by atoms with Crippen LogP contribution < -0.4 is 0 Å². The van der Waals surface area contributed by atoms with Gasteiger partial charge in [-0.25, -0.2) is 4.39 Å². The van der Waals surface area contributed by atoms with Crippen molar-refractivity contribution in [1.82, 2.24) is 15.0 Å². The Morgan fingerprint density at radius 1 is 1.36 bits per heavy atom. The minimum atomic E-state index is -0.189. The molecule has 0 amide bonds. The Labute approximate surface area is 130 Å². The first-order valence-electron chi connectivity index (χ1n) is 7.95. The third-order valence-corrected chi connectivity index (χ3v) is 4.15. The zero-order chi connectivity index (χ0) is 15.5. The molecule has 1 saturated heterocycles. The summed E-state index contributed by atoms with van der Waals surface area (Å²) in [5.41, 5.74) is 0.982. The van der Waals surface area contributed by atoms with E-state index < -0.39 is 0 Å². The van der Waals surface area contributed by atoms with Crippen LogP contribution in [0.15, 0.2) is 28.8 Å². The third kappa shape index (κ3) is 3.35. The normalized spacial score (nSPS) is 19.7. The van der Waals surface area contributed by atoms with E-state index in [0.717, 1.165) is 37.2 Å². The molecule has 1 aromatic heterocycles. The van der Waals surface area contributed by atoms with E-state index >= 15 is 0 Å². The highest BCUT2D eigenvalue weighted by molar-refractivity contribution is 5.16. The lowest BCUT2D eigenvalue weighted by Gasteiger charge is -2.33. The van der Waals surface area contributed by atoms with E-state index in [2.05, 4.69) is 28.9 Å². The summed E-state index contributed by atoms with van der Waals surface area (Å²) in [6, 6.07) is 6.93. The van der Waals surface area contributed by atoms with Crippen molar-refractivity contribution >= 4 is 0 Å². The summed E-state index contributed by atoms with van der Waals surface area (Å²) in [5.74, 6) is 1.52. The van der Waals surface area contributed by atoms with Crippen LogP contribution in [0.5, 0.6) is 0 Å². The summed E-state index contributed by atoms with van der Waals surface area (Å²) in [4.78, 5) is 6.86. The summed E-state index contributed by atoms with van der Waals surface area (Å²) in [7, 11) is 0. The molecular formula is C17H22FN3O. The molecule has 1 aliphatic rings. The Kier molecular flexibility index (Phi) is 4.52. The van der Waals surface area contributed by atoms with E-state index in [1.807, 2.05) is 6.07 Å². The number of rotatable bonds is 4. The summed E-state index contributed by atoms with van der Waals surface area (Å²) in [6.45, 7) is 5.79. The molecular weight excluding hydrogens is 281 g/mol. The van der Waals surface area contributed by atoms with Gasteiger partial charge in [0.2, 0.25) is 5.89 Å². The molecule has 0 aliphatic carbocycles. The lowest BCUT2D eigenvalue weighted by atomic mass is 10.0. The number of aromatic nitrogens is 2. The molecule has 2 heterocycles. The fourth-order valence-electron chi connectivity index (χ4n) is 2.95. The molecule has 1 atom stereocenters. The fraction of sp³-hybridized carbons (Fsp3) is 0.529. The van der Waals surface area contributed by atoms with Gasteiger partial charge >= 0.3 is 0 Å². The van der Waals surface area contributed by atoms with Gasteiger partial charge in [0.15, 0.2) is 5.82 Å². The number of nitrogens with zero attached hydrogens (tertiary/aromatic N) is 3. The molecule has 3 rings (SSSR count). The highest BCUT2D eigenvalue weighted by Crippen LogP contribution is 2.31. The molecule has 2 aromatic rings. The Balaban J connectivity index is 1.78. The first kappa shape index (κ1) is 15.2. The Morgan fingerprint density at radius 2 is 2.23 bits per heavy atom. The zero-order valence-corrected chi connectivity index (χ0v) is 13.1. The average Bonchev–Trinajstić information content (AvgIpc) is 2.98. The monoisotopic (exact) mass is 303 g/mol. The highest BCUT2D eigenvalue weighted by atomic mass is 19.1. The molecule has 118 valence electrons. The molecule has 4 nitrogen and oxygen atoms in total. The van der Waals surface area contributed by atoms with E-state index in [1.165, 1.54) is 6.07 Å². The van der Waals surface area contributed by atoms with Gasteiger partial charge in [-0.2, -0.15) is 4.98 Å². The second-order valence-electron chi connectivity index (χ2n) is 6.26. The Bertz CT molecular complexity index is 626. The lowest BCUT2D eigenvalue weighted by molar-refractivity contribution is 0.111. The Hall–Kier alpha value is -1.75. The maximum absolute atomic E-state index is 13.4. The van der Waals surface area contributed by atoms with E-state index in [9.17, 15) is 4.39 Å². The van der Waals surface area contributed by atoms with Gasteiger partial charge in [-0.05, 0) is 37.1 Å². The topological polar surface area (TPSA) is 42.2 Å². The largest absolute Gasteiger partial charge is 0.338 e. The minimum Gasteiger partial charge on any atom is -0.338 e. The zero-order valence-electron chi connectivity index (χ0n) is 13.1. The van der Waals surface area contributed by atoms with Crippen molar-refractivity contribution in [3.8, 4) is 0 Å². The van der Waals surface area contributed by atoms with Crippen molar-refractivity contribution in [3.63, 3.8) is 0 Å². The van der Waals surface area contributed by atoms with Crippen LogP contribution in [-0.2, 0) is 6.54 Å². The summed E-state index contributed by atoms with van der Waals surface area (Å²) in [5, 5.41) is 4.07. The minimum absolute atomic E-state index is 0.136. The molecule has 0 radical (unpaired) electrons. The SMILES string of the molecule is CC(C)c1noc(C2CCCCN2Cc2cccc(F)c2)n1. The highest BCUT2D eigenvalue weighted by Gasteiger charge is 2.29. The molecule has 22 heavy (non-hydrogen) atoms. The average molecular weight is 303 g/mol. The van der Waals surface area contributed by atoms with Crippen LogP contribution in [0, 0.1) is 5.82 Å². The predicted octanol–water partition coefficient (Wildman–Crippen LogP) is 4.06. The van der Waals surface area contributed by atoms with E-state index in [4.69, 9.17) is 4.52 Å². The van der Waals surface area contributed by atoms with Crippen molar-refractivity contribution < 1.29 is 8.91 Å². The third-order valence-electron chi connectivity index (χ3n) is 4.15. The van der Waals surface area contributed by atoms with Gasteiger partial charge in [0, 0.05) is 12.5 Å². The van der Waals surface area contributed by atoms with E-state index in [-0.39, 0.29) is 17.8 Å². The van der Waals surface area contributed by atoms with Crippen molar-refractivity contribution in [1.29, 1.82) is 0 Å². The van der Waals surface area contributed by atoms with Crippen LogP contribution in [0.4, 0.5) is 4.39 Å². The van der Waals surface area contributed by atoms with Gasteiger partial charge in [0.25, 0.3) is 0 Å². The van der Waals surface area contributed by atoms with Gasteiger partial charge in [-0.1, -0.05) is 37.6 Å². The first-order valence-corrected chi connectivity index (χ1v) is 7.95. The Morgan fingerprint density at radius 3 is 2.95 bits per heavy atom. The molecule has 1 aromatic carbocycles. The molecule has 0 bridgehead atoms. The summed E-state index contributed by atoms with van der Waals surface area (Å²) in [6.07, 6.45) is 3.32. The lowest BCUT2D eigenvalue weighted by Crippen LogP contribution is -2.33. The van der Waals surface area contributed by atoms with Crippen molar-refractivity contribution in [2.75, 3.05) is 6.54 Å². The number of benzene rings is 1. The maximum Gasteiger partial charge on any atom is 0.244 e. The van der Waals surface area contributed by atoms with Gasteiger partial charge in [0.1, 0.15) is 5.82 Å². The van der Waals surface area contributed by atoms with Crippen LogP contribution in [0.1, 0.15) is 62.3 Å². The van der Waals surface area contributed by atoms with Crippen LogP contribution in [0.25, 0.3) is 0 Å². The maximum atomic E-state index is 13.4. The van der Waals surface area contributed by atoms with Crippen molar-refractivity contribution in [3.05, 3.63) is 47.4 Å². The summed E-state index contributed by atoms with van der Waals surface area (Å²) < 4.78 is 18.9. The molecule has 1 fully saturated rings. The number of likely N-dealkylation sites (tertiary alicyclic amines) is 1. The molecule has 1 aliphatic heterocycles. The van der Waals surface area contributed by atoms with Crippen LogP contribution in [0.3, 0.4) is 0 Å². The number of halogens is 1. The van der Waals surface area contributed by atoms with Gasteiger partial charge in [-0.15, -0.1) is 0 Å². The molecule has 0 saturated carbocycles. The van der Waals surface area contributed by atoms with Crippen molar-refractivity contribution in [2.24, 2.45) is 0 Å². The molecule has 0 spiro atoms. The first-order chi connectivity index (χ1) is 10.6. The second-order valence-corrected chi connectivity index (χ2v) is 6.26. The van der Waals surface area contributed by atoms with Crippen LogP contribution >= 0.6 is 0 Å². The molecule has 1 unspecified atom stereocenters. The number of piperidine rings is 1. The predicted molar refractivity (Wildman–Crippen MR) is 81.8 cm³/mol. The second kappa shape index (κ2) is 6.57. The number of hydrogen-bond acceptors (Lipinski definition) is 4. The van der Waals surface area contributed by atoms with E-state index in [0.29, 0.717) is 12.4 Å². The van der Waals surface area contributed by atoms with E-state index in [1.54, 1.807) is 12.1 Å². The molecule has 5 heteroatoms. The fourth-order valence-corrected chi connectivity index (χ4v) is 2.95. The van der Waals surface area contributed by atoms with Gasteiger partial charge in [-0.3, -0.25) is 4.90 Å². The smallest absolute Gasteiger partial charge is 0.244 e. The standard InChI is InChI=1S/C17H22FN3O/c1-12(2)16-19-17(22-20-16)15-8-3-4-9-21(15)11-13-6-5-7-14(18)10-13/h5-7,10,12,15H,3-4,8-9,11H2,1-2H3. The van der Waals surface area contributed by atoms with Crippen LogP contribution in [-0.4, -0.2) is 21.6 Å². The van der Waals surface area contributed by atoms with Crippen molar-refractivity contribution in [2.45, 2.75) is 51.6 Å². The van der Waals surface area contributed by atoms with Crippen LogP contribution in [0.2, 0.25) is 0 Å². The molecule has 0 N–H and O–H groups in total. The quantitative estimate of drug-likeness (QED) is 0.854. The summed E-state index contributed by atoms with van der Waals surface area (Å²) >= 11 is 0.